The fourth-order valence-corrected chi connectivity index (χ4v) is 4.28. The summed E-state index contributed by atoms with van der Waals surface area (Å²) in [6, 6.07) is 9.21. The predicted molar refractivity (Wildman–Crippen MR) is 122 cm³/mol. The molecule has 198 valence electrons. The molecule has 12 heteroatoms. The second kappa shape index (κ2) is 11.5. The van der Waals surface area contributed by atoms with E-state index in [4.69, 9.17) is 9.47 Å². The molecule has 2 unspecified atom stereocenters. The van der Waals surface area contributed by atoms with Gasteiger partial charge in [-0.05, 0) is 17.7 Å². The van der Waals surface area contributed by atoms with E-state index < -0.39 is 60.6 Å². The van der Waals surface area contributed by atoms with Crippen molar-refractivity contribution in [3.63, 3.8) is 0 Å². The van der Waals surface area contributed by atoms with Crippen LogP contribution in [0.4, 0.5) is 13.2 Å². The second-order valence-corrected chi connectivity index (χ2v) is 8.67. The Kier molecular flexibility index (Phi) is 8.35. The number of aliphatic hydroxyl groups excluding tert-OH is 3. The van der Waals surface area contributed by atoms with Gasteiger partial charge in [-0.1, -0.05) is 42.5 Å². The number of ketones is 1. The molecule has 0 bridgehead atoms. The molecule has 2 heterocycles. The minimum Gasteiger partial charge on any atom is -0.394 e. The number of aliphatic hydroxyl groups is 3. The van der Waals surface area contributed by atoms with Crippen molar-refractivity contribution in [2.24, 2.45) is 0 Å². The van der Waals surface area contributed by atoms with Crippen LogP contribution in [0.5, 0.6) is 0 Å². The number of halogens is 3. The number of benzene rings is 2. The van der Waals surface area contributed by atoms with Gasteiger partial charge in [-0.3, -0.25) is 4.79 Å². The van der Waals surface area contributed by atoms with Gasteiger partial charge in [0.05, 0.1) is 19.4 Å². The van der Waals surface area contributed by atoms with E-state index in [-0.39, 0.29) is 30.1 Å². The highest BCUT2D eigenvalue weighted by Gasteiger charge is 2.50. The van der Waals surface area contributed by atoms with Crippen LogP contribution in [0.25, 0.3) is 11.3 Å². The van der Waals surface area contributed by atoms with Crippen LogP contribution >= 0.6 is 0 Å². The molecule has 4 rings (SSSR count). The first-order valence-electron chi connectivity index (χ1n) is 11.6. The Labute approximate surface area is 210 Å². The Morgan fingerprint density at radius 2 is 1.81 bits per heavy atom. The topological polar surface area (TPSA) is 127 Å². The third kappa shape index (κ3) is 5.58. The van der Waals surface area contributed by atoms with Crippen LogP contribution in [-0.2, 0) is 20.9 Å². The Balaban J connectivity index is 1.64. The minimum absolute atomic E-state index is 0.0377. The van der Waals surface area contributed by atoms with Crippen LogP contribution < -0.4 is 0 Å². The van der Waals surface area contributed by atoms with Gasteiger partial charge in [0, 0.05) is 12.0 Å². The highest BCUT2D eigenvalue weighted by molar-refractivity contribution is 5.83. The molecule has 3 N–H and O–H groups in total. The summed E-state index contributed by atoms with van der Waals surface area (Å²) in [4.78, 5) is 12.8. The summed E-state index contributed by atoms with van der Waals surface area (Å²) in [6.45, 7) is 1.01. The molecule has 1 aromatic heterocycles. The van der Waals surface area contributed by atoms with Crippen molar-refractivity contribution >= 4 is 5.78 Å². The van der Waals surface area contributed by atoms with Crippen molar-refractivity contribution in [1.82, 2.24) is 15.0 Å². The summed E-state index contributed by atoms with van der Waals surface area (Å²) < 4.78 is 53.4. The van der Waals surface area contributed by atoms with Gasteiger partial charge in [0.1, 0.15) is 42.3 Å². The van der Waals surface area contributed by atoms with Gasteiger partial charge in [0.2, 0.25) is 0 Å². The predicted octanol–water partition coefficient (Wildman–Crippen LogP) is 1.95. The first kappa shape index (κ1) is 26.9. The zero-order valence-corrected chi connectivity index (χ0v) is 19.7. The number of nitrogens with zero attached hydrogens (tertiary/aromatic N) is 3. The van der Waals surface area contributed by atoms with Crippen LogP contribution in [0.1, 0.15) is 24.9 Å². The van der Waals surface area contributed by atoms with Crippen molar-refractivity contribution in [2.75, 3.05) is 6.61 Å². The van der Waals surface area contributed by atoms with Crippen molar-refractivity contribution in [1.29, 1.82) is 0 Å². The van der Waals surface area contributed by atoms with Gasteiger partial charge in [0.25, 0.3) is 0 Å². The molecule has 37 heavy (non-hydrogen) atoms. The molecular formula is C25H26F3N3O6. The molecule has 1 aliphatic rings. The van der Waals surface area contributed by atoms with Crippen LogP contribution in [0.15, 0.2) is 48.7 Å². The maximum atomic E-state index is 13.7. The number of carbonyl (C=O) groups is 1. The van der Waals surface area contributed by atoms with E-state index in [0.717, 1.165) is 22.4 Å². The number of carbonyl (C=O) groups excluding carboxylic acids is 1. The van der Waals surface area contributed by atoms with Crippen LogP contribution in [0.3, 0.4) is 0 Å². The maximum absolute atomic E-state index is 13.7. The molecule has 3 aromatic rings. The average molecular weight is 521 g/mol. The fraction of sp³-hybridized carbons (Fsp3) is 0.400. The Morgan fingerprint density at radius 1 is 1.14 bits per heavy atom. The standard InChI is InChI=1S/C25H26F3N3O6/c1-2-18(33)24(36-12-13-6-4-3-5-7-13)25-23(35)21(22(34)19(11-32)37-25)31-10-17(29-30-31)14-8-15(26)20(28)16(27)9-14/h3-10,19,21-25,32,34-35H,2,11-12H2,1H3/t19?,21-,22-,23?,24+,25+/m0/s1. The molecule has 1 aliphatic heterocycles. The maximum Gasteiger partial charge on any atom is 0.194 e. The highest BCUT2D eigenvalue weighted by Crippen LogP contribution is 2.34. The van der Waals surface area contributed by atoms with Crippen LogP contribution in [0.2, 0.25) is 0 Å². The number of hydrogen-bond donors (Lipinski definition) is 3. The molecule has 2 aromatic carbocycles. The van der Waals surface area contributed by atoms with Crippen molar-refractivity contribution < 1.29 is 42.8 Å². The lowest BCUT2D eigenvalue weighted by molar-refractivity contribution is -0.234. The molecule has 1 saturated heterocycles. The van der Waals surface area contributed by atoms with E-state index >= 15 is 0 Å². The van der Waals surface area contributed by atoms with Gasteiger partial charge >= 0.3 is 0 Å². The number of hydrogen-bond acceptors (Lipinski definition) is 8. The van der Waals surface area contributed by atoms with Gasteiger partial charge < -0.3 is 24.8 Å². The zero-order valence-electron chi connectivity index (χ0n) is 19.7. The van der Waals surface area contributed by atoms with E-state index in [1.807, 2.05) is 6.07 Å². The van der Waals surface area contributed by atoms with Crippen molar-refractivity contribution in [3.05, 3.63) is 71.7 Å². The third-order valence-corrected chi connectivity index (χ3v) is 6.26. The number of aromatic nitrogens is 3. The number of ether oxygens (including phenoxy) is 2. The average Bonchev–Trinajstić information content (AvgIpc) is 3.38. The first-order chi connectivity index (χ1) is 17.7. The van der Waals surface area contributed by atoms with Gasteiger partial charge in [-0.15, -0.1) is 5.10 Å². The Morgan fingerprint density at radius 3 is 2.43 bits per heavy atom. The smallest absolute Gasteiger partial charge is 0.194 e. The Hall–Kier alpha value is -3.16. The summed E-state index contributed by atoms with van der Waals surface area (Å²) in [6.07, 6.45) is -5.56. The first-order valence-corrected chi connectivity index (χ1v) is 11.6. The van der Waals surface area contributed by atoms with E-state index in [1.54, 1.807) is 31.2 Å². The van der Waals surface area contributed by atoms with E-state index in [9.17, 15) is 33.3 Å². The second-order valence-electron chi connectivity index (χ2n) is 8.67. The normalized spacial score (nSPS) is 24.7. The fourth-order valence-electron chi connectivity index (χ4n) is 4.28. The largest absolute Gasteiger partial charge is 0.394 e. The molecule has 6 atom stereocenters. The summed E-state index contributed by atoms with van der Waals surface area (Å²) >= 11 is 0. The molecule has 0 aliphatic carbocycles. The SMILES string of the molecule is CCC(=O)[C@@H](OCc1ccccc1)[C@@H]1OC(CO)[C@H](O)[C@H](n2cc(-c3cc(F)c(F)c(F)c3)nn2)C1O. The summed E-state index contributed by atoms with van der Waals surface area (Å²) in [5.41, 5.74) is 0.582. The summed E-state index contributed by atoms with van der Waals surface area (Å²) in [5.74, 6) is -4.86. The molecular weight excluding hydrogens is 495 g/mol. The molecule has 1 fully saturated rings. The quantitative estimate of drug-likeness (QED) is 0.365. The molecule has 0 spiro atoms. The van der Waals surface area contributed by atoms with Crippen LogP contribution in [-0.4, -0.2) is 73.2 Å². The van der Waals surface area contributed by atoms with Crippen molar-refractivity contribution in [2.45, 2.75) is 56.5 Å². The lowest BCUT2D eigenvalue weighted by atomic mass is 9.88. The van der Waals surface area contributed by atoms with E-state index in [1.165, 1.54) is 6.20 Å². The number of Topliss-reactive ketones (excluding diaryl/α,β-unsaturated/α-hetero) is 1. The monoisotopic (exact) mass is 521 g/mol. The Bertz CT molecular complexity index is 1200. The zero-order chi connectivity index (χ0) is 26.7. The molecule has 0 amide bonds. The van der Waals surface area contributed by atoms with Crippen molar-refractivity contribution in [3.8, 4) is 11.3 Å². The summed E-state index contributed by atoms with van der Waals surface area (Å²) in [7, 11) is 0. The molecule has 9 nitrogen and oxygen atoms in total. The lowest BCUT2D eigenvalue weighted by Gasteiger charge is -2.44. The third-order valence-electron chi connectivity index (χ3n) is 6.26. The minimum atomic E-state index is -1.64. The molecule has 0 saturated carbocycles. The summed E-state index contributed by atoms with van der Waals surface area (Å²) in [5, 5.41) is 39.6. The molecule has 0 radical (unpaired) electrons. The highest BCUT2D eigenvalue weighted by atomic mass is 19.2. The van der Waals surface area contributed by atoms with Gasteiger partial charge in [-0.25, -0.2) is 17.9 Å². The lowest BCUT2D eigenvalue weighted by Crippen LogP contribution is -2.60. The van der Waals surface area contributed by atoms with E-state index in [0.29, 0.717) is 0 Å². The van der Waals surface area contributed by atoms with Gasteiger partial charge in [0.15, 0.2) is 23.2 Å². The van der Waals surface area contributed by atoms with Gasteiger partial charge in [-0.2, -0.15) is 0 Å². The number of rotatable bonds is 9. The van der Waals surface area contributed by atoms with Crippen LogP contribution in [0, 0.1) is 17.5 Å². The van der Waals surface area contributed by atoms with E-state index in [2.05, 4.69) is 10.3 Å².